The van der Waals surface area contributed by atoms with Crippen molar-refractivity contribution in [3.05, 3.63) is 29.8 Å². The number of aliphatic hydroxyl groups is 1. The molecule has 0 aliphatic heterocycles. The van der Waals surface area contributed by atoms with Gasteiger partial charge in [0.05, 0.1) is 0 Å². The minimum atomic E-state index is 0.259. The second kappa shape index (κ2) is 3.95. The zero-order valence-electron chi connectivity index (χ0n) is 8.49. The summed E-state index contributed by atoms with van der Waals surface area (Å²) in [5.41, 5.74) is 1.56. The highest BCUT2D eigenvalue weighted by molar-refractivity contribution is 7.99. The first kappa shape index (κ1) is 10.1. The van der Waals surface area contributed by atoms with Crippen molar-refractivity contribution in [2.75, 3.05) is 12.4 Å². The molecule has 0 spiro atoms. The molecule has 0 aromatic heterocycles. The number of hydrogen-bond donors (Lipinski definition) is 1. The van der Waals surface area contributed by atoms with E-state index in [9.17, 15) is 0 Å². The molecule has 0 bridgehead atoms. The Bertz CT molecular complexity index is 301. The number of aliphatic hydroxyl groups excluding tert-OH is 1. The van der Waals surface area contributed by atoms with E-state index in [4.69, 9.17) is 5.11 Å². The predicted octanol–water partition coefficient (Wildman–Crippen LogP) is 2.86. The minimum Gasteiger partial charge on any atom is -0.396 e. The quantitative estimate of drug-likeness (QED) is 0.768. The lowest BCUT2D eigenvalue weighted by molar-refractivity contribution is 0.227. The van der Waals surface area contributed by atoms with E-state index in [0.717, 1.165) is 5.75 Å². The first-order valence-electron chi connectivity index (χ1n) is 5.04. The fourth-order valence-corrected chi connectivity index (χ4v) is 2.58. The van der Waals surface area contributed by atoms with E-state index in [0.29, 0.717) is 6.61 Å². The molecule has 1 saturated carbocycles. The maximum atomic E-state index is 9.17. The van der Waals surface area contributed by atoms with E-state index in [2.05, 4.69) is 31.2 Å². The number of thioether (sulfide) groups is 1. The summed E-state index contributed by atoms with van der Waals surface area (Å²) in [4.78, 5) is 1.32. The van der Waals surface area contributed by atoms with Gasteiger partial charge >= 0.3 is 0 Å². The lowest BCUT2D eigenvalue weighted by atomic mass is 10.2. The van der Waals surface area contributed by atoms with Crippen molar-refractivity contribution in [3.8, 4) is 0 Å². The second-order valence-corrected chi connectivity index (χ2v) is 5.31. The summed E-state index contributed by atoms with van der Waals surface area (Å²) in [7, 11) is 0. The van der Waals surface area contributed by atoms with Crippen LogP contribution in [0.4, 0.5) is 0 Å². The summed E-state index contributed by atoms with van der Waals surface area (Å²) in [5, 5.41) is 9.17. The van der Waals surface area contributed by atoms with Gasteiger partial charge in [0.15, 0.2) is 0 Å². The van der Waals surface area contributed by atoms with Gasteiger partial charge in [0.25, 0.3) is 0 Å². The van der Waals surface area contributed by atoms with Crippen molar-refractivity contribution < 1.29 is 5.11 Å². The highest BCUT2D eigenvalue weighted by atomic mass is 32.2. The molecule has 76 valence electrons. The Morgan fingerprint density at radius 1 is 1.29 bits per heavy atom. The third-order valence-corrected chi connectivity index (χ3v) is 4.22. The van der Waals surface area contributed by atoms with Crippen LogP contribution in [0, 0.1) is 12.3 Å². The van der Waals surface area contributed by atoms with Crippen molar-refractivity contribution in [1.29, 1.82) is 0 Å². The normalized spacial score (nSPS) is 18.1. The van der Waals surface area contributed by atoms with Gasteiger partial charge in [-0.25, -0.2) is 0 Å². The molecule has 0 saturated heterocycles. The van der Waals surface area contributed by atoms with Crippen LogP contribution in [-0.2, 0) is 0 Å². The summed E-state index contributed by atoms with van der Waals surface area (Å²) in [6.45, 7) is 2.45. The van der Waals surface area contributed by atoms with Gasteiger partial charge in [-0.1, -0.05) is 17.7 Å². The highest BCUT2D eigenvalue weighted by Crippen LogP contribution is 2.48. The molecule has 2 heteroatoms. The Balaban J connectivity index is 1.89. The summed E-state index contributed by atoms with van der Waals surface area (Å²) >= 11 is 1.86. The molecule has 0 amide bonds. The van der Waals surface area contributed by atoms with Crippen LogP contribution in [0.3, 0.4) is 0 Å². The number of aryl methyl sites for hydroxylation is 1. The van der Waals surface area contributed by atoms with Crippen LogP contribution < -0.4 is 0 Å². The maximum absolute atomic E-state index is 9.17. The van der Waals surface area contributed by atoms with Crippen LogP contribution >= 0.6 is 11.8 Å². The molecule has 1 nitrogen and oxygen atoms in total. The Morgan fingerprint density at radius 3 is 2.43 bits per heavy atom. The largest absolute Gasteiger partial charge is 0.396 e. The minimum absolute atomic E-state index is 0.259. The summed E-state index contributed by atoms with van der Waals surface area (Å²) in [6, 6.07) is 8.60. The van der Waals surface area contributed by atoms with E-state index in [1.165, 1.54) is 23.3 Å². The molecule has 1 N–H and O–H groups in total. The molecule has 0 atom stereocenters. The standard InChI is InChI=1S/C12H16OS/c1-10-2-4-11(5-3-10)14-9-12(8-13)6-7-12/h2-5,13H,6-9H2,1H3. The Labute approximate surface area is 89.5 Å². The average molecular weight is 208 g/mol. The fourth-order valence-electron chi connectivity index (χ4n) is 1.40. The fraction of sp³-hybridized carbons (Fsp3) is 0.500. The van der Waals surface area contributed by atoms with Crippen molar-refractivity contribution in [3.63, 3.8) is 0 Å². The van der Waals surface area contributed by atoms with E-state index in [1.807, 2.05) is 11.8 Å². The van der Waals surface area contributed by atoms with Gasteiger partial charge in [0.2, 0.25) is 0 Å². The Kier molecular flexibility index (Phi) is 2.84. The highest BCUT2D eigenvalue weighted by Gasteiger charge is 2.41. The lowest BCUT2D eigenvalue weighted by Crippen LogP contribution is -2.09. The van der Waals surface area contributed by atoms with Gasteiger partial charge in [-0.3, -0.25) is 0 Å². The molecule has 1 fully saturated rings. The molecule has 2 rings (SSSR count). The molecule has 14 heavy (non-hydrogen) atoms. The Hall–Kier alpha value is -0.470. The molecule has 1 aromatic carbocycles. The third-order valence-electron chi connectivity index (χ3n) is 2.86. The number of hydrogen-bond acceptors (Lipinski definition) is 2. The molecule has 1 aliphatic carbocycles. The topological polar surface area (TPSA) is 20.2 Å². The SMILES string of the molecule is Cc1ccc(SCC2(CO)CC2)cc1. The molecule has 1 aliphatic rings. The van der Waals surface area contributed by atoms with Crippen LogP contribution in [0.25, 0.3) is 0 Å². The van der Waals surface area contributed by atoms with Crippen LogP contribution in [-0.4, -0.2) is 17.5 Å². The summed E-state index contributed by atoms with van der Waals surface area (Å²) in [6.07, 6.45) is 2.39. The van der Waals surface area contributed by atoms with Crippen molar-refractivity contribution in [2.45, 2.75) is 24.7 Å². The van der Waals surface area contributed by atoms with Crippen LogP contribution in [0.2, 0.25) is 0 Å². The molecule has 1 aromatic rings. The number of rotatable bonds is 4. The van der Waals surface area contributed by atoms with Gasteiger partial charge in [0.1, 0.15) is 0 Å². The molecule has 0 unspecified atom stereocenters. The molecular formula is C12H16OS. The molecule has 0 radical (unpaired) electrons. The second-order valence-electron chi connectivity index (χ2n) is 4.26. The van der Waals surface area contributed by atoms with Crippen molar-refractivity contribution in [1.82, 2.24) is 0 Å². The van der Waals surface area contributed by atoms with Crippen molar-refractivity contribution in [2.24, 2.45) is 5.41 Å². The van der Waals surface area contributed by atoms with Crippen LogP contribution in [0.5, 0.6) is 0 Å². The zero-order chi connectivity index (χ0) is 10.0. The molecular weight excluding hydrogens is 192 g/mol. The third kappa shape index (κ3) is 2.31. The predicted molar refractivity (Wildman–Crippen MR) is 60.7 cm³/mol. The zero-order valence-corrected chi connectivity index (χ0v) is 9.31. The summed E-state index contributed by atoms with van der Waals surface area (Å²) < 4.78 is 0. The van der Waals surface area contributed by atoms with Gasteiger partial charge < -0.3 is 5.11 Å². The van der Waals surface area contributed by atoms with Crippen LogP contribution in [0.1, 0.15) is 18.4 Å². The van der Waals surface area contributed by atoms with Crippen LogP contribution in [0.15, 0.2) is 29.2 Å². The van der Waals surface area contributed by atoms with Gasteiger partial charge in [-0.2, -0.15) is 0 Å². The summed E-state index contributed by atoms with van der Waals surface area (Å²) in [5.74, 6) is 1.06. The maximum Gasteiger partial charge on any atom is 0.0495 e. The van der Waals surface area contributed by atoms with E-state index in [-0.39, 0.29) is 5.41 Å². The first-order chi connectivity index (χ1) is 6.74. The smallest absolute Gasteiger partial charge is 0.0495 e. The number of benzene rings is 1. The van der Waals surface area contributed by atoms with E-state index < -0.39 is 0 Å². The lowest BCUT2D eigenvalue weighted by Gasteiger charge is -2.10. The van der Waals surface area contributed by atoms with Gasteiger partial charge in [0, 0.05) is 22.7 Å². The average Bonchev–Trinajstić information content (AvgIpc) is 2.98. The van der Waals surface area contributed by atoms with Crippen molar-refractivity contribution >= 4 is 11.8 Å². The molecule has 0 heterocycles. The monoisotopic (exact) mass is 208 g/mol. The Morgan fingerprint density at radius 2 is 1.93 bits per heavy atom. The van der Waals surface area contributed by atoms with Gasteiger partial charge in [-0.05, 0) is 31.9 Å². The van der Waals surface area contributed by atoms with E-state index in [1.54, 1.807) is 0 Å². The van der Waals surface area contributed by atoms with E-state index >= 15 is 0 Å². The van der Waals surface area contributed by atoms with Gasteiger partial charge in [-0.15, -0.1) is 11.8 Å². The first-order valence-corrected chi connectivity index (χ1v) is 6.03.